The summed E-state index contributed by atoms with van der Waals surface area (Å²) in [5, 5.41) is 3.81. The van der Waals surface area contributed by atoms with Crippen LogP contribution in [0.5, 0.6) is 0 Å². The molecular weight excluding hydrogens is 297 g/mol. The van der Waals surface area contributed by atoms with Crippen molar-refractivity contribution in [2.45, 2.75) is 38.1 Å². The van der Waals surface area contributed by atoms with E-state index in [1.807, 2.05) is 0 Å². The van der Waals surface area contributed by atoms with Gasteiger partial charge in [-0.3, -0.25) is 4.79 Å². The smallest absolute Gasteiger partial charge is 0.251 e. The van der Waals surface area contributed by atoms with E-state index in [0.717, 1.165) is 36.6 Å². The molecule has 2 rings (SSSR count). The maximum absolute atomic E-state index is 13.3. The van der Waals surface area contributed by atoms with Gasteiger partial charge in [-0.2, -0.15) is 0 Å². The summed E-state index contributed by atoms with van der Waals surface area (Å²) in [6.45, 7) is 1.79. The lowest BCUT2D eigenvalue weighted by Gasteiger charge is -2.28. The second kappa shape index (κ2) is 5.39. The van der Waals surface area contributed by atoms with Crippen LogP contribution in [0.25, 0.3) is 0 Å². The lowest BCUT2D eigenvalue weighted by Crippen LogP contribution is -2.47. The summed E-state index contributed by atoms with van der Waals surface area (Å²) in [4.78, 5) is 12.2. The van der Waals surface area contributed by atoms with Gasteiger partial charge < -0.3 is 5.32 Å². The molecule has 1 aliphatic rings. The second-order valence-electron chi connectivity index (χ2n) is 5.09. The predicted octanol–water partition coefficient (Wildman–Crippen LogP) is 3.57. The first kappa shape index (κ1) is 13.5. The molecule has 1 aromatic rings. The number of hydrogen-bond donors (Lipinski definition) is 1. The quantitative estimate of drug-likeness (QED) is 0.849. The number of carbonyl (C=O) groups excluding carboxylic acids is 1. The minimum atomic E-state index is -0.362. The van der Waals surface area contributed by atoms with Crippen molar-refractivity contribution in [3.05, 3.63) is 35.1 Å². The van der Waals surface area contributed by atoms with Gasteiger partial charge in [0.05, 0.1) is 5.54 Å². The van der Waals surface area contributed by atoms with Crippen LogP contribution in [0.1, 0.15) is 41.6 Å². The molecule has 0 aromatic heterocycles. The van der Waals surface area contributed by atoms with Crippen LogP contribution in [0.2, 0.25) is 0 Å². The van der Waals surface area contributed by atoms with E-state index in [9.17, 15) is 9.18 Å². The number of aryl methyl sites for hydroxylation is 1. The topological polar surface area (TPSA) is 29.1 Å². The number of hydrogen-bond acceptors (Lipinski definition) is 1. The van der Waals surface area contributed by atoms with E-state index in [2.05, 4.69) is 21.2 Å². The van der Waals surface area contributed by atoms with E-state index in [1.54, 1.807) is 13.0 Å². The molecule has 1 saturated carbocycles. The molecular formula is C14H17BrFNO. The zero-order valence-corrected chi connectivity index (χ0v) is 12.0. The average Bonchev–Trinajstić information content (AvgIpc) is 2.77. The third kappa shape index (κ3) is 2.91. The van der Waals surface area contributed by atoms with Crippen LogP contribution < -0.4 is 5.32 Å². The molecule has 1 aliphatic carbocycles. The number of carbonyl (C=O) groups is 1. The van der Waals surface area contributed by atoms with Crippen LogP contribution in [-0.2, 0) is 0 Å². The molecule has 1 aromatic carbocycles. The highest BCUT2D eigenvalue weighted by atomic mass is 79.9. The van der Waals surface area contributed by atoms with E-state index in [-0.39, 0.29) is 17.3 Å². The lowest BCUT2D eigenvalue weighted by molar-refractivity contribution is 0.0910. The van der Waals surface area contributed by atoms with Gasteiger partial charge in [-0.05, 0) is 43.5 Å². The van der Waals surface area contributed by atoms with Crippen molar-refractivity contribution in [1.82, 2.24) is 5.32 Å². The van der Waals surface area contributed by atoms with Gasteiger partial charge in [0, 0.05) is 10.9 Å². The highest BCUT2D eigenvalue weighted by Crippen LogP contribution is 2.31. The standard InChI is InChI=1S/C14H17BrFNO/c1-10-6-11(8-12(16)7-10)13(18)17-14(9-15)4-2-3-5-14/h6-8H,2-5,9H2,1H3,(H,17,18). The zero-order chi connectivity index (χ0) is 13.2. The maximum Gasteiger partial charge on any atom is 0.251 e. The summed E-state index contributed by atoms with van der Waals surface area (Å²) in [5.74, 6) is -0.543. The molecule has 0 bridgehead atoms. The second-order valence-corrected chi connectivity index (χ2v) is 5.65. The Morgan fingerprint density at radius 3 is 2.61 bits per heavy atom. The fourth-order valence-electron chi connectivity index (χ4n) is 2.52. The molecule has 0 radical (unpaired) electrons. The van der Waals surface area contributed by atoms with Gasteiger partial charge in [-0.15, -0.1) is 0 Å². The van der Waals surface area contributed by atoms with Gasteiger partial charge >= 0.3 is 0 Å². The van der Waals surface area contributed by atoms with E-state index in [4.69, 9.17) is 0 Å². The predicted molar refractivity (Wildman–Crippen MR) is 73.6 cm³/mol. The summed E-state index contributed by atoms with van der Waals surface area (Å²) >= 11 is 3.47. The summed E-state index contributed by atoms with van der Waals surface area (Å²) in [7, 11) is 0. The van der Waals surface area contributed by atoms with Gasteiger partial charge in [0.25, 0.3) is 5.91 Å². The molecule has 1 fully saturated rings. The number of rotatable bonds is 3. The number of alkyl halides is 1. The third-order valence-corrected chi connectivity index (χ3v) is 4.57. The van der Waals surface area contributed by atoms with Crippen molar-refractivity contribution in [2.24, 2.45) is 0 Å². The summed E-state index contributed by atoms with van der Waals surface area (Å²) in [6, 6.07) is 4.43. The number of amides is 1. The Hall–Kier alpha value is -0.900. The van der Waals surface area contributed by atoms with Crippen LogP contribution in [0.4, 0.5) is 4.39 Å². The zero-order valence-electron chi connectivity index (χ0n) is 10.4. The van der Waals surface area contributed by atoms with Gasteiger partial charge in [-0.1, -0.05) is 28.8 Å². The lowest BCUT2D eigenvalue weighted by atomic mass is 9.99. The normalized spacial score (nSPS) is 17.7. The first-order valence-electron chi connectivity index (χ1n) is 6.20. The fraction of sp³-hybridized carbons (Fsp3) is 0.500. The number of nitrogens with one attached hydrogen (secondary N) is 1. The molecule has 4 heteroatoms. The van der Waals surface area contributed by atoms with Crippen LogP contribution in [0, 0.1) is 12.7 Å². The first-order chi connectivity index (χ1) is 8.54. The Balaban J connectivity index is 2.16. The monoisotopic (exact) mass is 313 g/mol. The Labute approximate surface area is 115 Å². The molecule has 0 spiro atoms. The van der Waals surface area contributed by atoms with Gasteiger partial charge in [0.15, 0.2) is 0 Å². The third-order valence-electron chi connectivity index (χ3n) is 3.50. The van der Waals surface area contributed by atoms with Crippen LogP contribution in [0.3, 0.4) is 0 Å². The fourth-order valence-corrected chi connectivity index (χ4v) is 3.23. The van der Waals surface area contributed by atoms with E-state index < -0.39 is 0 Å². The van der Waals surface area contributed by atoms with Crippen molar-refractivity contribution in [1.29, 1.82) is 0 Å². The molecule has 0 heterocycles. The van der Waals surface area contributed by atoms with Crippen molar-refractivity contribution < 1.29 is 9.18 Å². The minimum absolute atomic E-state index is 0.155. The number of halogens is 2. The Morgan fingerprint density at radius 2 is 2.06 bits per heavy atom. The Bertz CT molecular complexity index is 435. The summed E-state index contributed by atoms with van der Waals surface area (Å²) < 4.78 is 13.3. The van der Waals surface area contributed by atoms with Gasteiger partial charge in [0.1, 0.15) is 5.82 Å². The molecule has 0 saturated heterocycles. The largest absolute Gasteiger partial charge is 0.346 e. The molecule has 1 N–H and O–H groups in total. The molecule has 0 atom stereocenters. The van der Waals surface area contributed by atoms with E-state index >= 15 is 0 Å². The van der Waals surface area contributed by atoms with E-state index in [1.165, 1.54) is 12.1 Å². The molecule has 18 heavy (non-hydrogen) atoms. The summed E-state index contributed by atoms with van der Waals surface area (Å²) in [5.41, 5.74) is 1.01. The van der Waals surface area contributed by atoms with Crippen LogP contribution in [0.15, 0.2) is 18.2 Å². The Morgan fingerprint density at radius 1 is 1.39 bits per heavy atom. The maximum atomic E-state index is 13.3. The molecule has 2 nitrogen and oxygen atoms in total. The van der Waals surface area contributed by atoms with Crippen LogP contribution >= 0.6 is 15.9 Å². The highest BCUT2D eigenvalue weighted by Gasteiger charge is 2.34. The minimum Gasteiger partial charge on any atom is -0.346 e. The average molecular weight is 314 g/mol. The molecule has 1 amide bonds. The van der Waals surface area contributed by atoms with E-state index in [0.29, 0.717) is 5.56 Å². The van der Waals surface area contributed by atoms with Crippen molar-refractivity contribution in [3.8, 4) is 0 Å². The molecule has 0 aliphatic heterocycles. The van der Waals surface area contributed by atoms with Crippen molar-refractivity contribution >= 4 is 21.8 Å². The number of benzene rings is 1. The summed E-state index contributed by atoms with van der Waals surface area (Å²) in [6.07, 6.45) is 4.23. The molecule has 0 unspecified atom stereocenters. The van der Waals surface area contributed by atoms with Gasteiger partial charge in [0.2, 0.25) is 0 Å². The SMILES string of the molecule is Cc1cc(F)cc(C(=O)NC2(CBr)CCCC2)c1. The highest BCUT2D eigenvalue weighted by molar-refractivity contribution is 9.09. The van der Waals surface area contributed by atoms with Gasteiger partial charge in [-0.25, -0.2) is 4.39 Å². The van der Waals surface area contributed by atoms with Crippen molar-refractivity contribution in [2.75, 3.05) is 5.33 Å². The van der Waals surface area contributed by atoms with Crippen LogP contribution in [-0.4, -0.2) is 16.8 Å². The Kier molecular flexibility index (Phi) is 4.05. The van der Waals surface area contributed by atoms with Crippen molar-refractivity contribution in [3.63, 3.8) is 0 Å². The molecule has 98 valence electrons. The first-order valence-corrected chi connectivity index (χ1v) is 7.32.